The number of fused-ring (bicyclic) bond motifs is 1. The number of phenols is 1. The van der Waals surface area contributed by atoms with Crippen molar-refractivity contribution in [3.63, 3.8) is 0 Å². The first-order chi connectivity index (χ1) is 12.0. The number of rotatable bonds is 2. The highest BCUT2D eigenvalue weighted by Gasteiger charge is 2.37. The molecule has 0 bridgehead atoms. The predicted molar refractivity (Wildman–Crippen MR) is 85.7 cm³/mol. The van der Waals surface area contributed by atoms with E-state index in [1.165, 1.54) is 6.07 Å². The number of amides is 1. The largest absolute Gasteiger partial charge is 0.508 e. The van der Waals surface area contributed by atoms with Gasteiger partial charge in [0.15, 0.2) is 5.65 Å². The van der Waals surface area contributed by atoms with Crippen molar-refractivity contribution in [1.82, 2.24) is 19.7 Å². The Morgan fingerprint density at radius 3 is 2.46 bits per heavy atom. The number of benzene rings is 1. The number of carbonyl (C=O) groups excluding carboxylic acids is 1. The fraction of sp³-hybridized carbons (Fsp3) is 0.200. The molecule has 136 valence electrons. The highest BCUT2D eigenvalue weighted by Crippen LogP contribution is 2.35. The molecule has 0 aliphatic heterocycles. The van der Waals surface area contributed by atoms with Gasteiger partial charge in [-0.25, -0.2) is 4.98 Å². The van der Waals surface area contributed by atoms with Crippen molar-refractivity contribution in [2.45, 2.75) is 20.0 Å². The number of anilines is 1. The molecule has 2 heterocycles. The molecule has 1 aromatic carbocycles. The van der Waals surface area contributed by atoms with Crippen LogP contribution in [0.15, 0.2) is 12.1 Å². The Bertz CT molecular complexity index is 1060. The van der Waals surface area contributed by atoms with Gasteiger partial charge in [-0.3, -0.25) is 9.36 Å². The monoisotopic (exact) mass is 366 g/mol. The summed E-state index contributed by atoms with van der Waals surface area (Å²) in [5.41, 5.74) is 11.6. The summed E-state index contributed by atoms with van der Waals surface area (Å²) in [6.07, 6.45) is -4.85. The number of nitrogens with zero attached hydrogens (tertiary/aromatic N) is 4. The molecule has 8 nitrogen and oxygen atoms in total. The quantitative estimate of drug-likeness (QED) is 0.634. The Morgan fingerprint density at radius 2 is 1.88 bits per heavy atom. The van der Waals surface area contributed by atoms with Crippen molar-refractivity contribution < 1.29 is 23.1 Å². The molecular formula is C15H13F3N6O2. The molecule has 0 aliphatic carbocycles. The Labute approximate surface area is 144 Å². The van der Waals surface area contributed by atoms with Crippen LogP contribution in [0.5, 0.6) is 5.75 Å². The van der Waals surface area contributed by atoms with E-state index >= 15 is 0 Å². The molecule has 3 rings (SSSR count). The highest BCUT2D eigenvalue weighted by molar-refractivity contribution is 6.09. The van der Waals surface area contributed by atoms with E-state index in [0.717, 1.165) is 4.57 Å². The van der Waals surface area contributed by atoms with Crippen molar-refractivity contribution in [2.24, 2.45) is 5.73 Å². The third-order valence-corrected chi connectivity index (χ3v) is 3.94. The summed E-state index contributed by atoms with van der Waals surface area (Å²) in [7, 11) is 0. The van der Waals surface area contributed by atoms with Gasteiger partial charge in [0.05, 0.1) is 5.69 Å². The van der Waals surface area contributed by atoms with Gasteiger partial charge in [0.1, 0.15) is 22.6 Å². The fourth-order valence-electron chi connectivity index (χ4n) is 2.74. The minimum Gasteiger partial charge on any atom is -0.508 e. The van der Waals surface area contributed by atoms with Crippen LogP contribution in [-0.4, -0.2) is 30.8 Å². The zero-order chi connectivity index (χ0) is 19.4. The van der Waals surface area contributed by atoms with Crippen LogP contribution < -0.4 is 11.5 Å². The molecule has 0 fully saturated rings. The summed E-state index contributed by atoms with van der Waals surface area (Å²) >= 11 is 0. The summed E-state index contributed by atoms with van der Waals surface area (Å²) in [4.78, 5) is 15.3. The van der Waals surface area contributed by atoms with Gasteiger partial charge in [-0.2, -0.15) is 13.2 Å². The molecule has 2 aromatic heterocycles. The average molecular weight is 366 g/mol. The van der Waals surface area contributed by atoms with E-state index in [0.29, 0.717) is 11.1 Å². The summed E-state index contributed by atoms with van der Waals surface area (Å²) < 4.78 is 40.1. The lowest BCUT2D eigenvalue weighted by Crippen LogP contribution is -2.14. The molecule has 3 aromatic rings. The van der Waals surface area contributed by atoms with Crippen LogP contribution in [0.3, 0.4) is 0 Å². The van der Waals surface area contributed by atoms with E-state index in [4.69, 9.17) is 11.5 Å². The third-order valence-electron chi connectivity index (χ3n) is 3.94. The van der Waals surface area contributed by atoms with Gasteiger partial charge in [0, 0.05) is 5.56 Å². The van der Waals surface area contributed by atoms with Crippen molar-refractivity contribution in [2.75, 3.05) is 5.73 Å². The fourth-order valence-corrected chi connectivity index (χ4v) is 2.74. The van der Waals surface area contributed by atoms with Crippen LogP contribution in [0, 0.1) is 13.8 Å². The molecule has 26 heavy (non-hydrogen) atoms. The number of carbonyl (C=O) groups is 1. The summed E-state index contributed by atoms with van der Waals surface area (Å²) in [5, 5.41) is 16.5. The van der Waals surface area contributed by atoms with Gasteiger partial charge >= 0.3 is 6.18 Å². The zero-order valence-corrected chi connectivity index (χ0v) is 13.6. The normalized spacial score (nSPS) is 11.9. The van der Waals surface area contributed by atoms with Crippen LogP contribution in [-0.2, 0) is 6.18 Å². The number of hydrogen-bond acceptors (Lipinski definition) is 6. The number of phenolic OH excluding ortho intramolecular Hbond substituents is 1. The van der Waals surface area contributed by atoms with Crippen molar-refractivity contribution >= 4 is 22.9 Å². The summed E-state index contributed by atoms with van der Waals surface area (Å²) in [5.74, 6) is -2.83. The van der Waals surface area contributed by atoms with E-state index in [2.05, 4.69) is 15.2 Å². The molecule has 0 saturated carbocycles. The standard InChI is InChI=1S/C15H13F3N6O2/c1-5-3-4-7(25)6(2)10(5)24-11(19)8(12(20)26)9-13(24)21-14(23-22-9)15(16,17)18/h3-4,25H,19H2,1-2H3,(H2,20,26). The van der Waals surface area contributed by atoms with Gasteiger partial charge in [-0.05, 0) is 25.5 Å². The number of nitrogens with two attached hydrogens (primary N) is 2. The van der Waals surface area contributed by atoms with Gasteiger partial charge in [0.25, 0.3) is 11.7 Å². The number of aromatic hydroxyl groups is 1. The molecular weight excluding hydrogens is 353 g/mol. The maximum atomic E-state index is 13.0. The van der Waals surface area contributed by atoms with E-state index in [1.807, 2.05) is 0 Å². The van der Waals surface area contributed by atoms with E-state index in [9.17, 15) is 23.1 Å². The van der Waals surface area contributed by atoms with E-state index < -0.39 is 17.9 Å². The average Bonchev–Trinajstić information content (AvgIpc) is 2.82. The second kappa shape index (κ2) is 5.58. The SMILES string of the molecule is Cc1ccc(O)c(C)c1-n1c(N)c(C(N)=O)c2nnc(C(F)(F)F)nc21. The molecule has 1 amide bonds. The second-order valence-electron chi connectivity index (χ2n) is 5.64. The lowest BCUT2D eigenvalue weighted by atomic mass is 10.1. The molecule has 0 aliphatic rings. The summed E-state index contributed by atoms with van der Waals surface area (Å²) in [6, 6.07) is 2.98. The molecule has 0 unspecified atom stereocenters. The Kier molecular flexibility index (Phi) is 3.74. The minimum absolute atomic E-state index is 0.106. The van der Waals surface area contributed by atoms with Crippen molar-refractivity contribution in [3.8, 4) is 11.4 Å². The van der Waals surface area contributed by atoms with Gasteiger partial charge < -0.3 is 16.6 Å². The Morgan fingerprint density at radius 1 is 1.23 bits per heavy atom. The van der Waals surface area contributed by atoms with Crippen molar-refractivity contribution in [3.05, 3.63) is 34.6 Å². The molecule has 0 spiro atoms. The minimum atomic E-state index is -4.85. The van der Waals surface area contributed by atoms with Crippen LogP contribution in [0.1, 0.15) is 27.3 Å². The first kappa shape index (κ1) is 17.5. The lowest BCUT2D eigenvalue weighted by molar-refractivity contribution is -0.145. The zero-order valence-electron chi connectivity index (χ0n) is 13.6. The van der Waals surface area contributed by atoms with Gasteiger partial charge in [-0.15, -0.1) is 10.2 Å². The van der Waals surface area contributed by atoms with Crippen LogP contribution in [0.25, 0.3) is 16.9 Å². The van der Waals surface area contributed by atoms with Crippen LogP contribution in [0.2, 0.25) is 0 Å². The van der Waals surface area contributed by atoms with Crippen molar-refractivity contribution in [1.29, 1.82) is 0 Å². The Balaban J connectivity index is 2.51. The predicted octanol–water partition coefficient (Wildman–Crippen LogP) is 1.84. The number of halogens is 3. The molecule has 0 radical (unpaired) electrons. The van der Waals surface area contributed by atoms with E-state index in [1.54, 1.807) is 19.9 Å². The lowest BCUT2D eigenvalue weighted by Gasteiger charge is -2.15. The maximum absolute atomic E-state index is 13.0. The number of primary amides is 1. The number of aryl methyl sites for hydroxylation is 1. The molecule has 0 atom stereocenters. The topological polar surface area (TPSA) is 133 Å². The second-order valence-corrected chi connectivity index (χ2v) is 5.64. The Hall–Kier alpha value is -3.37. The van der Waals surface area contributed by atoms with Crippen LogP contribution >= 0.6 is 0 Å². The molecule has 5 N–H and O–H groups in total. The van der Waals surface area contributed by atoms with Gasteiger partial charge in [0.2, 0.25) is 0 Å². The smallest absolute Gasteiger partial charge is 0.453 e. The highest BCUT2D eigenvalue weighted by atomic mass is 19.4. The first-order valence-corrected chi connectivity index (χ1v) is 7.25. The number of hydrogen-bond donors (Lipinski definition) is 3. The molecule has 0 saturated heterocycles. The third kappa shape index (κ3) is 2.48. The van der Waals surface area contributed by atoms with E-state index in [-0.39, 0.29) is 34.0 Å². The number of aromatic nitrogens is 4. The number of alkyl halides is 3. The maximum Gasteiger partial charge on any atom is 0.453 e. The van der Waals surface area contributed by atoms with Gasteiger partial charge in [-0.1, -0.05) is 6.07 Å². The summed E-state index contributed by atoms with van der Waals surface area (Å²) in [6.45, 7) is 3.21. The first-order valence-electron chi connectivity index (χ1n) is 7.25. The molecule has 11 heteroatoms. The number of nitrogen functional groups attached to an aromatic ring is 1. The van der Waals surface area contributed by atoms with Crippen LogP contribution in [0.4, 0.5) is 19.0 Å².